The summed E-state index contributed by atoms with van der Waals surface area (Å²) >= 11 is 0. The number of amides is 1. The fourth-order valence-electron chi connectivity index (χ4n) is 4.00. The van der Waals surface area contributed by atoms with Crippen LogP contribution in [0.15, 0.2) is 30.5 Å². The van der Waals surface area contributed by atoms with E-state index in [2.05, 4.69) is 14.9 Å². The van der Waals surface area contributed by atoms with Gasteiger partial charge >= 0.3 is 0 Å². The Balaban J connectivity index is 1.34. The number of benzene rings is 1. The molecule has 1 aliphatic heterocycles. The van der Waals surface area contributed by atoms with Gasteiger partial charge in [0.15, 0.2) is 11.6 Å². The van der Waals surface area contributed by atoms with Crippen molar-refractivity contribution in [3.63, 3.8) is 0 Å². The number of likely N-dealkylation sites (tertiary alicyclic amines) is 1. The Morgan fingerprint density at radius 2 is 2.18 bits per heavy atom. The SMILES string of the molecule is CN(Cc1nccc(N)n1)[C@@H]1CCN(C(=O)[C@H]2C[C@H]2c2cccc(F)c2F)C1. The first-order valence-corrected chi connectivity index (χ1v) is 9.44. The Hall–Kier alpha value is -2.61. The predicted octanol–water partition coefficient (Wildman–Crippen LogP) is 2.17. The number of nitrogen functional groups attached to an aromatic ring is 1. The summed E-state index contributed by atoms with van der Waals surface area (Å²) in [5.41, 5.74) is 6.01. The number of likely N-dealkylation sites (N-methyl/N-ethyl adjacent to an activating group) is 1. The largest absolute Gasteiger partial charge is 0.384 e. The van der Waals surface area contributed by atoms with E-state index in [9.17, 15) is 13.6 Å². The summed E-state index contributed by atoms with van der Waals surface area (Å²) in [7, 11) is 1.98. The predicted molar refractivity (Wildman–Crippen MR) is 100 cm³/mol. The molecule has 1 aromatic heterocycles. The van der Waals surface area contributed by atoms with Gasteiger partial charge in [0.05, 0.1) is 6.54 Å². The van der Waals surface area contributed by atoms with E-state index in [0.717, 1.165) is 12.5 Å². The number of nitrogens with zero attached hydrogens (tertiary/aromatic N) is 4. The first kappa shape index (κ1) is 18.7. The highest BCUT2D eigenvalue weighted by Crippen LogP contribution is 2.49. The van der Waals surface area contributed by atoms with E-state index in [1.807, 2.05) is 11.9 Å². The van der Waals surface area contributed by atoms with Crippen molar-refractivity contribution in [2.24, 2.45) is 5.92 Å². The molecule has 2 fully saturated rings. The van der Waals surface area contributed by atoms with Gasteiger partial charge in [-0.2, -0.15) is 0 Å². The van der Waals surface area contributed by atoms with Gasteiger partial charge in [-0.1, -0.05) is 12.1 Å². The Kier molecular flexibility index (Phi) is 4.97. The maximum absolute atomic E-state index is 14.0. The van der Waals surface area contributed by atoms with Gasteiger partial charge in [-0.3, -0.25) is 9.69 Å². The molecule has 1 saturated heterocycles. The lowest BCUT2D eigenvalue weighted by atomic mass is 10.1. The van der Waals surface area contributed by atoms with Crippen molar-refractivity contribution < 1.29 is 13.6 Å². The summed E-state index contributed by atoms with van der Waals surface area (Å²) in [5.74, 6) is -1.05. The second-order valence-corrected chi connectivity index (χ2v) is 7.63. The minimum Gasteiger partial charge on any atom is -0.384 e. The van der Waals surface area contributed by atoms with E-state index in [1.165, 1.54) is 6.07 Å². The van der Waals surface area contributed by atoms with Crippen LogP contribution in [0.5, 0.6) is 0 Å². The van der Waals surface area contributed by atoms with Crippen molar-refractivity contribution >= 4 is 11.7 Å². The lowest BCUT2D eigenvalue weighted by molar-refractivity contribution is -0.131. The van der Waals surface area contributed by atoms with Crippen LogP contribution < -0.4 is 5.73 Å². The van der Waals surface area contributed by atoms with Crippen LogP contribution in [0.3, 0.4) is 0 Å². The molecular formula is C20H23F2N5O. The van der Waals surface area contributed by atoms with Crippen LogP contribution in [0.25, 0.3) is 0 Å². The Morgan fingerprint density at radius 1 is 1.36 bits per heavy atom. The van der Waals surface area contributed by atoms with E-state index in [-0.39, 0.29) is 23.8 Å². The molecule has 2 heterocycles. The molecule has 0 spiro atoms. The summed E-state index contributed by atoms with van der Waals surface area (Å²) in [6.07, 6.45) is 3.07. The van der Waals surface area contributed by atoms with Gasteiger partial charge in [-0.25, -0.2) is 18.7 Å². The van der Waals surface area contributed by atoms with Crippen molar-refractivity contribution in [1.82, 2.24) is 19.8 Å². The third-order valence-electron chi connectivity index (χ3n) is 5.70. The third-order valence-corrected chi connectivity index (χ3v) is 5.70. The summed E-state index contributed by atoms with van der Waals surface area (Å²) in [5, 5.41) is 0. The Labute approximate surface area is 162 Å². The molecule has 2 N–H and O–H groups in total. The molecule has 28 heavy (non-hydrogen) atoms. The van der Waals surface area contributed by atoms with Gasteiger partial charge in [0, 0.05) is 31.2 Å². The molecule has 0 unspecified atom stereocenters. The lowest BCUT2D eigenvalue weighted by Gasteiger charge is -2.24. The summed E-state index contributed by atoms with van der Waals surface area (Å²) in [6.45, 7) is 1.84. The number of anilines is 1. The van der Waals surface area contributed by atoms with Crippen LogP contribution in [-0.4, -0.2) is 51.9 Å². The highest BCUT2D eigenvalue weighted by Gasteiger charge is 2.48. The van der Waals surface area contributed by atoms with Crippen molar-refractivity contribution in [2.45, 2.75) is 31.3 Å². The number of hydrogen-bond donors (Lipinski definition) is 1. The first-order valence-electron chi connectivity index (χ1n) is 9.44. The van der Waals surface area contributed by atoms with E-state index in [4.69, 9.17) is 5.73 Å². The highest BCUT2D eigenvalue weighted by atomic mass is 19.2. The molecule has 1 aliphatic carbocycles. The quantitative estimate of drug-likeness (QED) is 0.851. The number of aromatic nitrogens is 2. The maximum atomic E-state index is 14.0. The smallest absolute Gasteiger partial charge is 0.226 e. The minimum absolute atomic E-state index is 0.0322. The van der Waals surface area contributed by atoms with Crippen LogP contribution in [0, 0.1) is 17.6 Å². The van der Waals surface area contributed by atoms with E-state index in [1.54, 1.807) is 18.3 Å². The van der Waals surface area contributed by atoms with Crippen LogP contribution in [-0.2, 0) is 11.3 Å². The standard InChI is InChI=1S/C20H23F2N5O/c1-26(11-18-24-7-5-17(23)25-18)12-6-8-27(10-12)20(28)15-9-14(15)13-3-2-4-16(21)19(13)22/h2-5,7,12,14-15H,6,8-11H2,1H3,(H2,23,24,25)/t12-,14+,15+/m1/s1. The molecule has 0 radical (unpaired) electrons. The second kappa shape index (κ2) is 7.43. The lowest BCUT2D eigenvalue weighted by Crippen LogP contribution is -2.37. The van der Waals surface area contributed by atoms with Crippen LogP contribution in [0.4, 0.5) is 14.6 Å². The number of nitrogens with two attached hydrogens (primary N) is 1. The van der Waals surface area contributed by atoms with Crippen molar-refractivity contribution in [1.29, 1.82) is 0 Å². The molecule has 2 aliphatic rings. The molecule has 148 valence electrons. The zero-order chi connectivity index (χ0) is 19.8. The third kappa shape index (κ3) is 3.69. The van der Waals surface area contributed by atoms with Crippen LogP contribution in [0.2, 0.25) is 0 Å². The molecule has 1 amide bonds. The molecule has 4 rings (SSSR count). The number of carbonyl (C=O) groups excluding carboxylic acids is 1. The molecule has 6 nitrogen and oxygen atoms in total. The minimum atomic E-state index is -0.859. The average Bonchev–Trinajstić information content (AvgIpc) is 3.29. The van der Waals surface area contributed by atoms with Gasteiger partial charge in [-0.05, 0) is 43.5 Å². The van der Waals surface area contributed by atoms with Gasteiger partial charge < -0.3 is 10.6 Å². The fraction of sp³-hybridized carbons (Fsp3) is 0.450. The van der Waals surface area contributed by atoms with Gasteiger partial charge in [0.1, 0.15) is 11.6 Å². The zero-order valence-corrected chi connectivity index (χ0v) is 15.7. The Bertz CT molecular complexity index is 893. The van der Waals surface area contributed by atoms with Gasteiger partial charge in [0.25, 0.3) is 0 Å². The summed E-state index contributed by atoms with van der Waals surface area (Å²) in [6, 6.07) is 6.02. The normalized spacial score (nSPS) is 24.0. The fourth-order valence-corrected chi connectivity index (χ4v) is 4.00. The Morgan fingerprint density at radius 3 is 2.96 bits per heavy atom. The van der Waals surface area contributed by atoms with Crippen molar-refractivity contribution in [3.8, 4) is 0 Å². The molecule has 0 bridgehead atoms. The average molecular weight is 387 g/mol. The number of carbonyl (C=O) groups is 1. The molecule has 8 heteroatoms. The van der Waals surface area contributed by atoms with Gasteiger partial charge in [0.2, 0.25) is 5.91 Å². The highest BCUT2D eigenvalue weighted by molar-refractivity contribution is 5.83. The molecule has 1 saturated carbocycles. The first-order chi connectivity index (χ1) is 13.4. The molecule has 3 atom stereocenters. The molecule has 1 aromatic carbocycles. The van der Waals surface area contributed by atoms with Gasteiger partial charge in [-0.15, -0.1) is 0 Å². The summed E-state index contributed by atoms with van der Waals surface area (Å²) < 4.78 is 27.4. The van der Waals surface area contributed by atoms with E-state index in [0.29, 0.717) is 43.3 Å². The van der Waals surface area contributed by atoms with Crippen molar-refractivity contribution in [3.05, 3.63) is 53.5 Å². The van der Waals surface area contributed by atoms with Crippen LogP contribution >= 0.6 is 0 Å². The topological polar surface area (TPSA) is 75.4 Å². The van der Waals surface area contributed by atoms with Crippen LogP contribution in [0.1, 0.15) is 30.1 Å². The van der Waals surface area contributed by atoms with E-state index < -0.39 is 11.6 Å². The second-order valence-electron chi connectivity index (χ2n) is 7.63. The zero-order valence-electron chi connectivity index (χ0n) is 15.7. The molecule has 2 aromatic rings. The van der Waals surface area contributed by atoms with Crippen molar-refractivity contribution in [2.75, 3.05) is 25.9 Å². The number of halogens is 2. The number of rotatable bonds is 5. The monoisotopic (exact) mass is 387 g/mol. The molecular weight excluding hydrogens is 364 g/mol. The summed E-state index contributed by atoms with van der Waals surface area (Å²) in [4.78, 5) is 25.2. The maximum Gasteiger partial charge on any atom is 0.226 e. The number of hydrogen-bond acceptors (Lipinski definition) is 5. The van der Waals surface area contributed by atoms with E-state index >= 15 is 0 Å².